The Balaban J connectivity index is 2.50. The van der Waals surface area contributed by atoms with E-state index >= 15 is 0 Å². The van der Waals surface area contributed by atoms with Crippen LogP contribution in [-0.2, 0) is 7.05 Å². The third-order valence-corrected chi connectivity index (χ3v) is 4.83. The molecule has 0 fully saturated rings. The molecular weight excluding hydrogens is 372 g/mol. The van der Waals surface area contributed by atoms with Crippen molar-refractivity contribution in [3.05, 3.63) is 52.6 Å². The lowest BCUT2D eigenvalue weighted by Crippen LogP contribution is -2.49. The molecule has 1 aliphatic carbocycles. The molecule has 0 aliphatic heterocycles. The van der Waals surface area contributed by atoms with Gasteiger partial charge in [-0.3, -0.25) is 4.98 Å². The number of aromatic nitrogens is 2. The molecule has 2 heterocycles. The second-order valence-corrected chi connectivity index (χ2v) is 6.34. The van der Waals surface area contributed by atoms with E-state index in [2.05, 4.69) is 4.98 Å². The van der Waals surface area contributed by atoms with Crippen molar-refractivity contribution < 1.29 is 26.3 Å². The fraction of sp³-hybridized carbons (Fsp3) is 0.333. The summed E-state index contributed by atoms with van der Waals surface area (Å²) in [7, 11) is 1.35. The minimum atomic E-state index is -5.65. The van der Waals surface area contributed by atoms with Crippen molar-refractivity contribution in [2.24, 2.45) is 7.05 Å². The number of pyridine rings is 1. The Kier molecular flexibility index (Phi) is 3.96. The lowest BCUT2D eigenvalue weighted by atomic mass is 9.96. The smallest absolute Gasteiger partial charge is 0.339 e. The number of allylic oxidation sites excluding steroid dienone is 2. The first-order valence-corrected chi connectivity index (χ1v) is 7.77. The number of rotatable bonds is 2. The molecule has 1 aliphatic rings. The van der Waals surface area contributed by atoms with Crippen molar-refractivity contribution in [3.8, 4) is 6.07 Å². The zero-order valence-corrected chi connectivity index (χ0v) is 14.4. The van der Waals surface area contributed by atoms with Gasteiger partial charge in [0.1, 0.15) is 11.8 Å². The molecular formula is C18H13F6N3. The van der Waals surface area contributed by atoms with Crippen LogP contribution in [0.25, 0.3) is 11.1 Å². The summed E-state index contributed by atoms with van der Waals surface area (Å²) >= 11 is 0. The van der Waals surface area contributed by atoms with Gasteiger partial charge in [0.2, 0.25) is 0 Å². The minimum Gasteiger partial charge on any atom is -0.339 e. The summed E-state index contributed by atoms with van der Waals surface area (Å²) in [5.74, 6) is -16.0. The monoisotopic (exact) mass is 385 g/mol. The maximum absolute atomic E-state index is 14.7. The standard InChI is InChI=1S/C18H13F6N3/c1-9-5-4-6-26-15(9)14-13(12-7-11(8-25)27(3)10(12)2)16(19,20)18(23,24)17(14,21)22/h4-7H,1-3H3. The highest BCUT2D eigenvalue weighted by Gasteiger charge is 2.80. The molecule has 0 atom stereocenters. The van der Waals surface area contributed by atoms with Crippen molar-refractivity contribution in [2.45, 2.75) is 31.6 Å². The Hall–Kier alpha value is -2.76. The number of halogens is 6. The Labute approximate surface area is 150 Å². The lowest BCUT2D eigenvalue weighted by molar-refractivity contribution is -0.254. The van der Waals surface area contributed by atoms with Gasteiger partial charge in [-0.2, -0.15) is 31.6 Å². The van der Waals surface area contributed by atoms with Gasteiger partial charge in [-0.1, -0.05) is 6.07 Å². The average Bonchev–Trinajstić information content (AvgIpc) is 2.92. The highest BCUT2D eigenvalue weighted by Crippen LogP contribution is 2.64. The van der Waals surface area contributed by atoms with Crippen molar-refractivity contribution in [3.63, 3.8) is 0 Å². The van der Waals surface area contributed by atoms with Crippen LogP contribution in [0.3, 0.4) is 0 Å². The summed E-state index contributed by atoms with van der Waals surface area (Å²) in [6.07, 6.45) is 1.07. The quantitative estimate of drug-likeness (QED) is 0.701. The first-order valence-electron chi connectivity index (χ1n) is 7.77. The number of nitrogens with zero attached hydrogens (tertiary/aromatic N) is 3. The molecule has 0 amide bonds. The first-order chi connectivity index (χ1) is 12.4. The van der Waals surface area contributed by atoms with E-state index in [1.807, 2.05) is 0 Å². The molecule has 0 unspecified atom stereocenters. The van der Waals surface area contributed by atoms with Gasteiger partial charge in [-0.25, -0.2) is 0 Å². The van der Waals surface area contributed by atoms with Crippen LogP contribution >= 0.6 is 0 Å². The molecule has 0 aromatic carbocycles. The highest BCUT2D eigenvalue weighted by atomic mass is 19.3. The van der Waals surface area contributed by atoms with Crippen molar-refractivity contribution in [2.75, 3.05) is 0 Å². The van der Waals surface area contributed by atoms with Crippen molar-refractivity contribution >= 4 is 11.1 Å². The molecule has 3 rings (SSSR count). The van der Waals surface area contributed by atoms with Crippen molar-refractivity contribution in [1.29, 1.82) is 5.26 Å². The van der Waals surface area contributed by atoms with E-state index in [9.17, 15) is 26.3 Å². The maximum atomic E-state index is 14.7. The molecule has 0 saturated heterocycles. The summed E-state index contributed by atoms with van der Waals surface area (Å²) in [5, 5.41) is 9.08. The van der Waals surface area contributed by atoms with Gasteiger partial charge < -0.3 is 4.57 Å². The fourth-order valence-electron chi connectivity index (χ4n) is 3.20. The average molecular weight is 385 g/mol. The topological polar surface area (TPSA) is 41.6 Å². The van der Waals surface area contributed by atoms with Crippen LogP contribution in [0.1, 0.15) is 28.2 Å². The van der Waals surface area contributed by atoms with Crippen molar-refractivity contribution in [1.82, 2.24) is 9.55 Å². The lowest BCUT2D eigenvalue weighted by Gasteiger charge is -2.25. The number of hydrogen-bond donors (Lipinski definition) is 0. The summed E-state index contributed by atoms with van der Waals surface area (Å²) in [4.78, 5) is 3.67. The van der Waals surface area contributed by atoms with Gasteiger partial charge >= 0.3 is 17.8 Å². The third kappa shape index (κ3) is 2.25. The van der Waals surface area contributed by atoms with Gasteiger partial charge in [-0.05, 0) is 31.5 Å². The van der Waals surface area contributed by atoms with E-state index in [-0.39, 0.29) is 17.0 Å². The Morgan fingerprint density at radius 3 is 2.15 bits per heavy atom. The number of nitriles is 1. The molecule has 0 spiro atoms. The highest BCUT2D eigenvalue weighted by molar-refractivity contribution is 6.01. The van der Waals surface area contributed by atoms with E-state index in [1.54, 1.807) is 6.07 Å². The maximum Gasteiger partial charge on any atom is 0.380 e. The molecule has 2 aromatic heterocycles. The predicted octanol–water partition coefficient (Wildman–Crippen LogP) is 4.74. The SMILES string of the molecule is Cc1cccnc1C1=C(c2cc(C#N)n(C)c2C)C(F)(F)C(F)(F)C1(F)F. The Morgan fingerprint density at radius 1 is 1.04 bits per heavy atom. The summed E-state index contributed by atoms with van der Waals surface area (Å²) in [5.41, 5.74) is -4.27. The molecule has 0 N–H and O–H groups in total. The van der Waals surface area contributed by atoms with Crippen LogP contribution < -0.4 is 0 Å². The molecule has 9 heteroatoms. The molecule has 0 radical (unpaired) electrons. The van der Waals surface area contributed by atoms with Gasteiger partial charge in [0.15, 0.2) is 0 Å². The Morgan fingerprint density at radius 2 is 1.63 bits per heavy atom. The number of hydrogen-bond acceptors (Lipinski definition) is 2. The largest absolute Gasteiger partial charge is 0.380 e. The van der Waals surface area contributed by atoms with Gasteiger partial charge in [0, 0.05) is 30.1 Å². The van der Waals surface area contributed by atoms with Crippen LogP contribution in [0.2, 0.25) is 0 Å². The van der Waals surface area contributed by atoms with Crippen LogP contribution in [0.15, 0.2) is 24.4 Å². The van der Waals surface area contributed by atoms with Crippen LogP contribution in [0.4, 0.5) is 26.3 Å². The second-order valence-electron chi connectivity index (χ2n) is 6.34. The Bertz CT molecular complexity index is 1010. The fourth-order valence-corrected chi connectivity index (χ4v) is 3.20. The zero-order valence-electron chi connectivity index (χ0n) is 14.4. The second kappa shape index (κ2) is 5.62. The summed E-state index contributed by atoms with van der Waals surface area (Å²) in [6.45, 7) is 2.60. The zero-order chi connectivity index (χ0) is 20.4. The number of alkyl halides is 6. The third-order valence-electron chi connectivity index (χ3n) is 4.83. The van der Waals surface area contributed by atoms with Gasteiger partial charge in [0.25, 0.3) is 0 Å². The van der Waals surface area contributed by atoms with Crippen LogP contribution in [0, 0.1) is 25.2 Å². The van der Waals surface area contributed by atoms with E-state index in [0.29, 0.717) is 0 Å². The predicted molar refractivity (Wildman–Crippen MR) is 85.5 cm³/mol. The molecule has 2 aromatic rings. The molecule has 0 saturated carbocycles. The summed E-state index contributed by atoms with van der Waals surface area (Å²) < 4.78 is 88.1. The van der Waals surface area contributed by atoms with Crippen LogP contribution in [0.5, 0.6) is 0 Å². The van der Waals surface area contributed by atoms with E-state index < -0.39 is 40.2 Å². The van der Waals surface area contributed by atoms with Crippen LogP contribution in [-0.4, -0.2) is 27.3 Å². The summed E-state index contributed by atoms with van der Waals surface area (Å²) in [6, 6.07) is 5.33. The first kappa shape index (κ1) is 19.0. The molecule has 3 nitrogen and oxygen atoms in total. The minimum absolute atomic E-state index is 0.0131. The normalized spacial score (nSPS) is 20.0. The van der Waals surface area contributed by atoms with Gasteiger partial charge in [0.05, 0.1) is 11.3 Å². The van der Waals surface area contributed by atoms with E-state index in [4.69, 9.17) is 5.26 Å². The van der Waals surface area contributed by atoms with E-state index in [0.717, 1.165) is 12.3 Å². The molecule has 27 heavy (non-hydrogen) atoms. The molecule has 0 bridgehead atoms. The van der Waals surface area contributed by atoms with Gasteiger partial charge in [-0.15, -0.1) is 0 Å². The molecule has 142 valence electrons. The number of aryl methyl sites for hydroxylation is 1. The van der Waals surface area contributed by atoms with E-state index in [1.165, 1.54) is 37.6 Å².